The predicted octanol–water partition coefficient (Wildman–Crippen LogP) is 12.2. The number of halogens is 3. The zero-order chi connectivity index (χ0) is 40.1. The van der Waals surface area contributed by atoms with Crippen LogP contribution in [0.4, 0.5) is 0 Å². The summed E-state index contributed by atoms with van der Waals surface area (Å²) in [4.78, 5) is 18.7. The third kappa shape index (κ3) is 5.88. The molecule has 3 aromatic heterocycles. The highest BCUT2D eigenvalue weighted by molar-refractivity contribution is 6.31. The molecule has 0 amide bonds. The van der Waals surface area contributed by atoms with Crippen molar-refractivity contribution in [2.45, 2.75) is 103 Å². The number of hydrogen-bond acceptors (Lipinski definition) is 1. The zero-order valence-corrected chi connectivity index (χ0v) is 36.1. The van der Waals surface area contributed by atoms with Crippen molar-refractivity contribution in [3.8, 4) is 0 Å². The first-order chi connectivity index (χ1) is 29.5. The smallest absolute Gasteiger partial charge is 0.0910 e. The summed E-state index contributed by atoms with van der Waals surface area (Å²) in [5, 5.41) is 4.69. The van der Waals surface area contributed by atoms with Gasteiger partial charge in [0.1, 0.15) is 0 Å². The third-order valence-corrected chi connectivity index (χ3v) is 15.1. The Hall–Kier alpha value is -4.74. The summed E-state index contributed by atoms with van der Waals surface area (Å²) in [5.41, 5.74) is 25.9. The zero-order valence-electron chi connectivity index (χ0n) is 33.8. The summed E-state index contributed by atoms with van der Waals surface area (Å²) < 4.78 is 0. The Labute approximate surface area is 366 Å². The Bertz CT molecular complexity index is 2980. The van der Waals surface area contributed by atoms with Gasteiger partial charge in [-0.3, -0.25) is 0 Å². The molecule has 0 saturated heterocycles. The fraction of sp³-hybridized carbons (Fsp3) is 0.302. The minimum Gasteiger partial charge on any atom is -0.354 e. The summed E-state index contributed by atoms with van der Waals surface area (Å²) in [7, 11) is 0. The van der Waals surface area contributed by atoms with E-state index in [9.17, 15) is 0 Å². The SMILES string of the molecule is Clc1ccc(C2=C3N=C(C4=C3CCCC4)c3[nH]c(c4c3CCCC4)C(c3ccc(Cl)cc3)=c3[nH]c(c4c3CCCC4)=C(c3ccc(Cl)cc3)c3[nH]c2c2c3CCCC2)cc1. The summed E-state index contributed by atoms with van der Waals surface area (Å²) in [6.45, 7) is 0. The van der Waals surface area contributed by atoms with Crippen molar-refractivity contribution in [3.05, 3.63) is 188 Å². The number of aromatic amines is 3. The minimum atomic E-state index is 0.742. The molecule has 7 heteroatoms. The van der Waals surface area contributed by atoms with Crippen LogP contribution in [-0.4, -0.2) is 20.7 Å². The Morgan fingerprint density at radius 3 is 1.17 bits per heavy atom. The number of aromatic nitrogens is 3. The molecule has 6 aliphatic rings. The van der Waals surface area contributed by atoms with Crippen molar-refractivity contribution < 1.29 is 0 Å². The number of benzene rings is 3. The number of aliphatic imine (C=N–C) groups is 1. The van der Waals surface area contributed by atoms with Gasteiger partial charge in [-0.25, -0.2) is 4.99 Å². The van der Waals surface area contributed by atoms with E-state index in [1.807, 2.05) is 12.1 Å². The quantitative estimate of drug-likeness (QED) is 0.159. The Balaban J connectivity index is 1.32. The van der Waals surface area contributed by atoms with Gasteiger partial charge in [-0.15, -0.1) is 0 Å². The predicted molar refractivity (Wildman–Crippen MR) is 247 cm³/mol. The highest BCUT2D eigenvalue weighted by Gasteiger charge is 2.37. The molecule has 4 nitrogen and oxygen atoms in total. The molecule has 60 heavy (non-hydrogen) atoms. The monoisotopic (exact) mass is 844 g/mol. The van der Waals surface area contributed by atoms with E-state index in [4.69, 9.17) is 39.8 Å². The van der Waals surface area contributed by atoms with Gasteiger partial charge in [0.25, 0.3) is 0 Å². The number of hydrogen-bond donors (Lipinski definition) is 3. The van der Waals surface area contributed by atoms with Gasteiger partial charge in [0.2, 0.25) is 0 Å². The van der Waals surface area contributed by atoms with Crippen molar-refractivity contribution in [1.29, 1.82) is 0 Å². The molecule has 0 radical (unpaired) electrons. The first kappa shape index (κ1) is 37.1. The van der Waals surface area contributed by atoms with Gasteiger partial charge >= 0.3 is 0 Å². The molecule has 4 heterocycles. The molecular formula is C53H47Cl3N4. The first-order valence-electron chi connectivity index (χ1n) is 22.3. The van der Waals surface area contributed by atoms with Crippen LogP contribution in [0.15, 0.2) is 94.6 Å². The normalized spacial score (nSPS) is 18.4. The fourth-order valence-corrected chi connectivity index (χ4v) is 12.0. The average molecular weight is 846 g/mol. The topological polar surface area (TPSA) is 59.7 Å². The maximum atomic E-state index is 6.66. The fourth-order valence-electron chi connectivity index (χ4n) is 11.6. The number of nitrogens with zero attached hydrogens (tertiary/aromatic N) is 1. The van der Waals surface area contributed by atoms with E-state index < -0.39 is 0 Å². The Morgan fingerprint density at radius 2 is 0.700 bits per heavy atom. The van der Waals surface area contributed by atoms with Crippen molar-refractivity contribution >= 4 is 57.2 Å². The van der Waals surface area contributed by atoms with Crippen LogP contribution in [0.3, 0.4) is 0 Å². The van der Waals surface area contributed by atoms with Gasteiger partial charge in [-0.2, -0.15) is 0 Å². The molecule has 300 valence electrons. The van der Waals surface area contributed by atoms with Gasteiger partial charge in [0.05, 0.1) is 44.9 Å². The minimum absolute atomic E-state index is 0.742. The first-order valence-corrected chi connectivity index (χ1v) is 23.4. The van der Waals surface area contributed by atoms with Crippen LogP contribution < -0.4 is 10.7 Å². The molecule has 0 spiro atoms. The van der Waals surface area contributed by atoms with Gasteiger partial charge < -0.3 is 15.0 Å². The number of allylic oxidation sites excluding steroid dienone is 2. The molecule has 5 aliphatic carbocycles. The lowest BCUT2D eigenvalue weighted by molar-refractivity contribution is 0.684. The van der Waals surface area contributed by atoms with E-state index in [-0.39, 0.29) is 0 Å². The van der Waals surface area contributed by atoms with Crippen molar-refractivity contribution in [2.75, 3.05) is 0 Å². The van der Waals surface area contributed by atoms with Crippen LogP contribution in [0.5, 0.6) is 0 Å². The lowest BCUT2D eigenvalue weighted by Gasteiger charge is -2.19. The van der Waals surface area contributed by atoms with Crippen molar-refractivity contribution in [2.24, 2.45) is 4.99 Å². The molecule has 3 aromatic carbocycles. The van der Waals surface area contributed by atoms with Crippen LogP contribution >= 0.6 is 34.8 Å². The van der Waals surface area contributed by atoms with E-state index in [1.54, 1.807) is 0 Å². The van der Waals surface area contributed by atoms with Gasteiger partial charge in [-0.1, -0.05) is 71.2 Å². The van der Waals surface area contributed by atoms with Gasteiger partial charge in [-0.05, 0) is 200 Å². The number of fused-ring (bicyclic) bond motifs is 1. The maximum Gasteiger partial charge on any atom is 0.0910 e. The van der Waals surface area contributed by atoms with E-state index >= 15 is 0 Å². The highest BCUT2D eigenvalue weighted by Crippen LogP contribution is 2.47. The Morgan fingerprint density at radius 1 is 0.350 bits per heavy atom. The number of nitrogens with one attached hydrogen (secondary N) is 3. The number of H-pyrrole nitrogens is 3. The van der Waals surface area contributed by atoms with Crippen LogP contribution in [-0.2, 0) is 38.5 Å². The second-order valence-corrected chi connectivity index (χ2v) is 19.0. The second kappa shape index (κ2) is 14.7. The van der Waals surface area contributed by atoms with Crippen LogP contribution in [0.2, 0.25) is 15.1 Å². The molecule has 0 unspecified atom stereocenters. The second-order valence-electron chi connectivity index (χ2n) is 17.7. The van der Waals surface area contributed by atoms with E-state index in [0.29, 0.717) is 0 Å². The lowest BCUT2D eigenvalue weighted by Crippen LogP contribution is -2.20. The lowest BCUT2D eigenvalue weighted by atomic mass is 9.83. The summed E-state index contributed by atoms with van der Waals surface area (Å²) in [5.74, 6) is 0. The molecule has 6 aromatic rings. The van der Waals surface area contributed by atoms with Gasteiger partial charge in [0, 0.05) is 31.8 Å². The van der Waals surface area contributed by atoms with Crippen LogP contribution in [0, 0.1) is 0 Å². The average Bonchev–Trinajstić information content (AvgIpc) is 4.05. The van der Waals surface area contributed by atoms with Crippen molar-refractivity contribution in [1.82, 2.24) is 15.0 Å². The molecule has 1 aliphatic heterocycles. The maximum absolute atomic E-state index is 6.66. The summed E-state index contributed by atoms with van der Waals surface area (Å²) in [6, 6.07) is 25.6. The molecule has 3 N–H and O–H groups in total. The third-order valence-electron chi connectivity index (χ3n) is 14.3. The molecule has 0 fully saturated rings. The molecule has 0 saturated carbocycles. The highest BCUT2D eigenvalue weighted by atomic mass is 35.5. The van der Waals surface area contributed by atoms with E-state index in [1.165, 1.54) is 139 Å². The van der Waals surface area contributed by atoms with Gasteiger partial charge in [0.15, 0.2) is 0 Å². The summed E-state index contributed by atoms with van der Waals surface area (Å²) >= 11 is 19.9. The summed E-state index contributed by atoms with van der Waals surface area (Å²) in [6.07, 6.45) is 17.7. The van der Waals surface area contributed by atoms with E-state index in [0.717, 1.165) is 102 Å². The van der Waals surface area contributed by atoms with E-state index in [2.05, 4.69) is 75.6 Å². The largest absolute Gasteiger partial charge is 0.354 e. The molecule has 12 rings (SSSR count). The number of rotatable bonds is 3. The van der Waals surface area contributed by atoms with Crippen LogP contribution in [0.25, 0.3) is 16.7 Å². The molecular weight excluding hydrogens is 799 g/mol. The standard InChI is InChI=1S/C53H47Cl3N4/c54-32-23-17-29(18-24-32)43-46-35-9-1-3-11-37(35)48(57-46)44(30-19-25-33(55)26-20-30)50-39-13-5-7-15-41(39)52(59-50)53-42-16-8-6-14-40(42)51(60-53)45(31-21-27-34(56)28-22-31)49-38-12-4-2-10-36(38)47(43)58-49/h17-28,57-59H,1-16H2. The Kier molecular flexibility index (Phi) is 9.09. The molecule has 8 bridgehead atoms. The molecule has 0 atom stereocenters. The van der Waals surface area contributed by atoms with Crippen molar-refractivity contribution in [3.63, 3.8) is 0 Å². The van der Waals surface area contributed by atoms with Crippen LogP contribution in [0.1, 0.15) is 137 Å².